The molecule has 2 unspecified atom stereocenters. The molecular formula is C4H2Cl2O2. The second kappa shape index (κ2) is 3.87. The highest BCUT2D eigenvalue weighted by atomic mass is 35.5. The zero-order chi connectivity index (χ0) is 6.57. The Morgan fingerprint density at radius 2 is 1.25 bits per heavy atom. The predicted molar refractivity (Wildman–Crippen MR) is 30.7 cm³/mol. The van der Waals surface area contributed by atoms with E-state index in [4.69, 9.17) is 23.2 Å². The van der Waals surface area contributed by atoms with Gasteiger partial charge in [-0.15, -0.1) is 23.2 Å². The zero-order valence-electron chi connectivity index (χ0n) is 3.73. The van der Waals surface area contributed by atoms with Gasteiger partial charge in [0.15, 0.2) is 0 Å². The van der Waals surface area contributed by atoms with Crippen LogP contribution in [0.1, 0.15) is 0 Å². The van der Waals surface area contributed by atoms with Crippen molar-refractivity contribution in [1.29, 1.82) is 0 Å². The number of carbonyl (C=O) groups excluding carboxylic acids is 2. The molecule has 0 rings (SSSR count). The van der Waals surface area contributed by atoms with Crippen LogP contribution in [-0.2, 0) is 9.59 Å². The van der Waals surface area contributed by atoms with Crippen LogP contribution in [0.15, 0.2) is 0 Å². The summed E-state index contributed by atoms with van der Waals surface area (Å²) in [5.74, 6) is 0. The van der Waals surface area contributed by atoms with E-state index in [1.54, 1.807) is 0 Å². The largest absolute Gasteiger partial charge is 0.289 e. The standard InChI is InChI=1S/C4H2Cl2O2/c5-3(1-7)4(6)2-8/h3-4H. The number of alkyl halides is 2. The van der Waals surface area contributed by atoms with Crippen LogP contribution in [0.25, 0.3) is 0 Å². The molecule has 0 N–H and O–H groups in total. The molecule has 8 heavy (non-hydrogen) atoms. The first-order valence-electron chi connectivity index (χ1n) is 1.76. The quantitative estimate of drug-likeness (QED) is 0.550. The van der Waals surface area contributed by atoms with E-state index < -0.39 is 10.8 Å². The summed E-state index contributed by atoms with van der Waals surface area (Å²) in [6.07, 6.45) is 2.67. The Morgan fingerprint density at radius 3 is 1.38 bits per heavy atom. The molecule has 2 atom stereocenters. The molecule has 4 heteroatoms. The van der Waals surface area contributed by atoms with Gasteiger partial charge in [0.25, 0.3) is 0 Å². The van der Waals surface area contributed by atoms with Crippen molar-refractivity contribution < 1.29 is 9.59 Å². The maximum absolute atomic E-state index is 9.58. The Balaban J connectivity index is 3.60. The first-order chi connectivity index (χ1) is 3.72. The van der Waals surface area contributed by atoms with Gasteiger partial charge in [-0.2, -0.15) is 0 Å². The van der Waals surface area contributed by atoms with Crippen molar-refractivity contribution >= 4 is 35.8 Å². The second-order valence-electron chi connectivity index (χ2n) is 1.04. The molecule has 2 radical (unpaired) electrons. The smallest absolute Gasteiger partial charge is 0.219 e. The van der Waals surface area contributed by atoms with Crippen LogP contribution >= 0.6 is 23.2 Å². The van der Waals surface area contributed by atoms with Gasteiger partial charge >= 0.3 is 0 Å². The molecule has 0 aliphatic carbocycles. The van der Waals surface area contributed by atoms with E-state index in [2.05, 4.69) is 0 Å². The highest BCUT2D eigenvalue weighted by Crippen LogP contribution is 2.03. The highest BCUT2D eigenvalue weighted by Gasteiger charge is 2.15. The fourth-order valence-electron chi connectivity index (χ4n) is 0.119. The third kappa shape index (κ3) is 2.28. The molecule has 2 nitrogen and oxygen atoms in total. The lowest BCUT2D eigenvalue weighted by Crippen LogP contribution is -2.16. The van der Waals surface area contributed by atoms with Crippen molar-refractivity contribution in [1.82, 2.24) is 0 Å². The average Bonchev–Trinajstić information content (AvgIpc) is 1.84. The third-order valence-corrected chi connectivity index (χ3v) is 1.29. The average molecular weight is 153 g/mol. The van der Waals surface area contributed by atoms with E-state index in [0.717, 1.165) is 0 Å². The Morgan fingerprint density at radius 1 is 1.00 bits per heavy atom. The summed E-state index contributed by atoms with van der Waals surface area (Å²) < 4.78 is 0. The van der Waals surface area contributed by atoms with Crippen LogP contribution in [0, 0.1) is 0 Å². The molecule has 44 valence electrons. The lowest BCUT2D eigenvalue weighted by Gasteiger charge is -1.95. The van der Waals surface area contributed by atoms with Gasteiger partial charge in [-0.1, -0.05) is 0 Å². The first kappa shape index (κ1) is 7.92. The molecule has 0 saturated heterocycles. The summed E-state index contributed by atoms with van der Waals surface area (Å²) in [4.78, 5) is 19.2. The Labute approximate surface area is 56.8 Å². The van der Waals surface area contributed by atoms with Crippen molar-refractivity contribution in [2.24, 2.45) is 0 Å². The highest BCUT2D eigenvalue weighted by molar-refractivity contribution is 6.39. The van der Waals surface area contributed by atoms with Crippen LogP contribution in [-0.4, -0.2) is 23.3 Å². The second-order valence-corrected chi connectivity index (χ2v) is 1.98. The number of halogens is 2. The topological polar surface area (TPSA) is 34.1 Å². The van der Waals surface area contributed by atoms with E-state index in [9.17, 15) is 9.59 Å². The zero-order valence-corrected chi connectivity index (χ0v) is 5.24. The first-order valence-corrected chi connectivity index (χ1v) is 2.63. The van der Waals surface area contributed by atoms with Gasteiger partial charge in [0.1, 0.15) is 10.8 Å². The van der Waals surface area contributed by atoms with Gasteiger partial charge in [0.05, 0.1) is 0 Å². The summed E-state index contributed by atoms with van der Waals surface area (Å²) in [5, 5.41) is -2.15. The molecule has 0 saturated carbocycles. The van der Waals surface area contributed by atoms with Crippen LogP contribution < -0.4 is 0 Å². The monoisotopic (exact) mass is 152 g/mol. The number of hydrogen-bond donors (Lipinski definition) is 0. The molecule has 0 aromatic carbocycles. The summed E-state index contributed by atoms with van der Waals surface area (Å²) in [5.41, 5.74) is 0. The predicted octanol–water partition coefficient (Wildman–Crippen LogP) is 0.421. The minimum absolute atomic E-state index is 1.07. The van der Waals surface area contributed by atoms with Crippen LogP contribution in [0.4, 0.5) is 0 Å². The number of hydrogen-bond acceptors (Lipinski definition) is 2. The minimum Gasteiger partial charge on any atom is -0.289 e. The lowest BCUT2D eigenvalue weighted by atomic mass is 10.3. The normalized spacial score (nSPS) is 16.8. The molecule has 0 aromatic rings. The SMILES string of the molecule is O=[C]C(Cl)C(Cl)[C]=O. The van der Waals surface area contributed by atoms with Crippen LogP contribution in [0.3, 0.4) is 0 Å². The van der Waals surface area contributed by atoms with Crippen molar-refractivity contribution in [2.45, 2.75) is 10.8 Å². The molecular weight excluding hydrogens is 151 g/mol. The van der Waals surface area contributed by atoms with Gasteiger partial charge in [0.2, 0.25) is 12.6 Å². The van der Waals surface area contributed by atoms with E-state index >= 15 is 0 Å². The van der Waals surface area contributed by atoms with E-state index in [-0.39, 0.29) is 0 Å². The Kier molecular flexibility index (Phi) is 3.83. The summed E-state index contributed by atoms with van der Waals surface area (Å²) in [7, 11) is 0. The summed E-state index contributed by atoms with van der Waals surface area (Å²) in [6.45, 7) is 0. The molecule has 0 fully saturated rings. The molecule has 0 amide bonds. The van der Waals surface area contributed by atoms with Gasteiger partial charge in [-0.3, -0.25) is 9.59 Å². The van der Waals surface area contributed by atoms with Crippen molar-refractivity contribution in [3.8, 4) is 0 Å². The van der Waals surface area contributed by atoms with Crippen molar-refractivity contribution in [2.75, 3.05) is 0 Å². The van der Waals surface area contributed by atoms with Gasteiger partial charge in [-0.05, 0) is 0 Å². The van der Waals surface area contributed by atoms with E-state index in [0.29, 0.717) is 0 Å². The van der Waals surface area contributed by atoms with Gasteiger partial charge in [-0.25, -0.2) is 0 Å². The van der Waals surface area contributed by atoms with Crippen molar-refractivity contribution in [3.63, 3.8) is 0 Å². The van der Waals surface area contributed by atoms with Crippen LogP contribution in [0.5, 0.6) is 0 Å². The van der Waals surface area contributed by atoms with E-state index in [1.807, 2.05) is 0 Å². The number of rotatable bonds is 3. The fraction of sp³-hybridized carbons (Fsp3) is 0.500. The van der Waals surface area contributed by atoms with Crippen molar-refractivity contribution in [3.05, 3.63) is 0 Å². The molecule has 0 aliphatic rings. The van der Waals surface area contributed by atoms with Gasteiger partial charge < -0.3 is 0 Å². The maximum Gasteiger partial charge on any atom is 0.219 e. The molecule has 0 aliphatic heterocycles. The maximum atomic E-state index is 9.58. The molecule has 0 spiro atoms. The molecule has 0 bridgehead atoms. The third-order valence-electron chi connectivity index (χ3n) is 0.482. The van der Waals surface area contributed by atoms with Crippen LogP contribution in [0.2, 0.25) is 0 Å². The molecule has 0 aromatic heterocycles. The Bertz CT molecular complexity index is 82.0. The summed E-state index contributed by atoms with van der Waals surface area (Å²) in [6, 6.07) is 0. The van der Waals surface area contributed by atoms with Gasteiger partial charge in [0, 0.05) is 0 Å². The fourth-order valence-corrected chi connectivity index (χ4v) is 0.222. The summed E-state index contributed by atoms with van der Waals surface area (Å²) >= 11 is 10.2. The minimum atomic E-state index is -1.07. The molecule has 0 heterocycles. The van der Waals surface area contributed by atoms with E-state index in [1.165, 1.54) is 12.6 Å². The Hall–Kier alpha value is -0.0800. The lowest BCUT2D eigenvalue weighted by molar-refractivity contribution is 0.542.